The molecule has 1 atom stereocenters. The lowest BCUT2D eigenvalue weighted by Gasteiger charge is -2.30. The van der Waals surface area contributed by atoms with Crippen LogP contribution in [0.15, 0.2) is 24.3 Å². The highest BCUT2D eigenvalue weighted by molar-refractivity contribution is 5.23. The summed E-state index contributed by atoms with van der Waals surface area (Å²) >= 11 is 0. The zero-order valence-electron chi connectivity index (χ0n) is 12.3. The maximum Gasteiger partial charge on any atom is 0.0237 e. The highest BCUT2D eigenvalue weighted by atomic mass is 15.2. The number of hydrogen-bond donors (Lipinski definition) is 1. The van der Waals surface area contributed by atoms with Gasteiger partial charge in [-0.1, -0.05) is 31.2 Å². The Kier molecular flexibility index (Phi) is 5.37. The van der Waals surface area contributed by atoms with Crippen molar-refractivity contribution in [2.75, 3.05) is 26.7 Å². The van der Waals surface area contributed by atoms with Crippen molar-refractivity contribution < 1.29 is 0 Å². The van der Waals surface area contributed by atoms with Gasteiger partial charge in [0.2, 0.25) is 0 Å². The van der Waals surface area contributed by atoms with Gasteiger partial charge in [-0.15, -0.1) is 0 Å². The fourth-order valence-electron chi connectivity index (χ4n) is 2.98. The van der Waals surface area contributed by atoms with Gasteiger partial charge in [0.25, 0.3) is 0 Å². The average molecular weight is 261 g/mol. The summed E-state index contributed by atoms with van der Waals surface area (Å²) in [5.41, 5.74) is 8.36. The molecule has 0 bridgehead atoms. The van der Waals surface area contributed by atoms with Crippen LogP contribution in [0.25, 0.3) is 0 Å². The van der Waals surface area contributed by atoms with Crippen molar-refractivity contribution in [1.29, 1.82) is 0 Å². The molecular weight excluding hydrogens is 234 g/mol. The molecule has 19 heavy (non-hydrogen) atoms. The molecule has 0 spiro atoms. The van der Waals surface area contributed by atoms with E-state index in [9.17, 15) is 0 Å². The van der Waals surface area contributed by atoms with Crippen LogP contribution >= 0.6 is 0 Å². The molecule has 1 aromatic rings. The van der Waals surface area contributed by atoms with Crippen LogP contribution in [0.3, 0.4) is 0 Å². The van der Waals surface area contributed by atoms with Gasteiger partial charge in [0.05, 0.1) is 0 Å². The number of nitrogens with zero attached hydrogens (tertiary/aromatic N) is 2. The van der Waals surface area contributed by atoms with Crippen molar-refractivity contribution in [1.82, 2.24) is 9.80 Å². The van der Waals surface area contributed by atoms with Crippen LogP contribution in [0.1, 0.15) is 30.9 Å². The van der Waals surface area contributed by atoms with E-state index >= 15 is 0 Å². The Morgan fingerprint density at radius 1 is 1.26 bits per heavy atom. The summed E-state index contributed by atoms with van der Waals surface area (Å²) in [6.45, 7) is 7.60. The lowest BCUT2D eigenvalue weighted by atomic mass is 10.1. The molecule has 1 unspecified atom stereocenters. The van der Waals surface area contributed by atoms with E-state index in [1.807, 2.05) is 0 Å². The molecule has 3 heteroatoms. The lowest BCUT2D eigenvalue weighted by Crippen LogP contribution is -2.39. The normalized spacial score (nSPS) is 22.4. The SMILES string of the molecule is CCC1CN(C)CCCN1Cc1cccc(CN)c1. The number of nitrogens with two attached hydrogens (primary N) is 1. The molecule has 1 aliphatic heterocycles. The Hall–Kier alpha value is -0.900. The second kappa shape index (κ2) is 7.04. The van der Waals surface area contributed by atoms with Gasteiger partial charge in [-0.2, -0.15) is 0 Å². The Balaban J connectivity index is 2.06. The molecule has 1 fully saturated rings. The summed E-state index contributed by atoms with van der Waals surface area (Å²) < 4.78 is 0. The van der Waals surface area contributed by atoms with E-state index in [4.69, 9.17) is 5.73 Å². The van der Waals surface area contributed by atoms with E-state index in [1.54, 1.807) is 0 Å². The van der Waals surface area contributed by atoms with Crippen molar-refractivity contribution in [2.24, 2.45) is 5.73 Å². The van der Waals surface area contributed by atoms with E-state index in [0.717, 1.165) is 6.54 Å². The number of benzene rings is 1. The summed E-state index contributed by atoms with van der Waals surface area (Å²) in [5, 5.41) is 0. The Morgan fingerprint density at radius 3 is 2.79 bits per heavy atom. The van der Waals surface area contributed by atoms with Crippen molar-refractivity contribution in [2.45, 2.75) is 38.9 Å². The number of rotatable bonds is 4. The first-order valence-corrected chi connectivity index (χ1v) is 7.43. The van der Waals surface area contributed by atoms with E-state index in [1.165, 1.54) is 43.6 Å². The molecule has 106 valence electrons. The van der Waals surface area contributed by atoms with Crippen LogP contribution < -0.4 is 5.73 Å². The minimum Gasteiger partial charge on any atom is -0.326 e. The van der Waals surface area contributed by atoms with Crippen LogP contribution in [0, 0.1) is 0 Å². The minimum absolute atomic E-state index is 0.633. The van der Waals surface area contributed by atoms with Crippen molar-refractivity contribution in [3.8, 4) is 0 Å². The van der Waals surface area contributed by atoms with Gasteiger partial charge in [-0.25, -0.2) is 0 Å². The van der Waals surface area contributed by atoms with Gasteiger partial charge in [-0.3, -0.25) is 4.90 Å². The zero-order chi connectivity index (χ0) is 13.7. The maximum absolute atomic E-state index is 5.73. The fourth-order valence-corrected chi connectivity index (χ4v) is 2.98. The molecule has 0 saturated carbocycles. The maximum atomic E-state index is 5.73. The average Bonchev–Trinajstić information content (AvgIpc) is 2.60. The molecule has 0 radical (unpaired) electrons. The second-order valence-corrected chi connectivity index (χ2v) is 5.67. The quantitative estimate of drug-likeness (QED) is 0.900. The summed E-state index contributed by atoms with van der Waals surface area (Å²) in [4.78, 5) is 5.10. The predicted molar refractivity (Wildman–Crippen MR) is 80.9 cm³/mol. The third kappa shape index (κ3) is 4.03. The smallest absolute Gasteiger partial charge is 0.0237 e. The number of hydrogen-bond acceptors (Lipinski definition) is 3. The summed E-state index contributed by atoms with van der Waals surface area (Å²) in [6, 6.07) is 9.38. The molecule has 2 rings (SSSR count). The summed E-state index contributed by atoms with van der Waals surface area (Å²) in [6.07, 6.45) is 2.49. The molecule has 1 aliphatic rings. The Labute approximate surface area is 117 Å². The summed E-state index contributed by atoms with van der Waals surface area (Å²) in [5.74, 6) is 0. The molecule has 2 N–H and O–H groups in total. The highest BCUT2D eigenvalue weighted by Gasteiger charge is 2.21. The van der Waals surface area contributed by atoms with E-state index in [0.29, 0.717) is 12.6 Å². The largest absolute Gasteiger partial charge is 0.326 e. The number of likely N-dealkylation sites (N-methyl/N-ethyl adjacent to an activating group) is 1. The highest BCUT2D eigenvalue weighted by Crippen LogP contribution is 2.16. The minimum atomic E-state index is 0.633. The van der Waals surface area contributed by atoms with Gasteiger partial charge in [0, 0.05) is 32.2 Å². The predicted octanol–water partition coefficient (Wildman–Crippen LogP) is 2.06. The standard InChI is InChI=1S/C16H27N3/c1-3-16-13-18(2)8-5-9-19(16)12-15-7-4-6-14(10-15)11-17/h4,6-7,10,16H,3,5,8-9,11-13,17H2,1-2H3. The van der Waals surface area contributed by atoms with Gasteiger partial charge in [-0.05, 0) is 37.6 Å². The topological polar surface area (TPSA) is 32.5 Å². The first-order valence-electron chi connectivity index (χ1n) is 7.43. The second-order valence-electron chi connectivity index (χ2n) is 5.67. The van der Waals surface area contributed by atoms with E-state index in [-0.39, 0.29) is 0 Å². The molecule has 3 nitrogen and oxygen atoms in total. The van der Waals surface area contributed by atoms with Crippen molar-refractivity contribution in [3.05, 3.63) is 35.4 Å². The fraction of sp³-hybridized carbons (Fsp3) is 0.625. The van der Waals surface area contributed by atoms with Gasteiger partial charge in [0.1, 0.15) is 0 Å². The molecule has 1 aromatic carbocycles. The van der Waals surface area contributed by atoms with Gasteiger partial charge in [0.15, 0.2) is 0 Å². The van der Waals surface area contributed by atoms with Crippen molar-refractivity contribution >= 4 is 0 Å². The van der Waals surface area contributed by atoms with Crippen LogP contribution in [-0.4, -0.2) is 42.5 Å². The van der Waals surface area contributed by atoms with Crippen LogP contribution in [-0.2, 0) is 13.1 Å². The third-order valence-corrected chi connectivity index (χ3v) is 4.11. The zero-order valence-corrected chi connectivity index (χ0v) is 12.3. The Bertz CT molecular complexity index is 391. The van der Waals surface area contributed by atoms with E-state index < -0.39 is 0 Å². The first kappa shape index (κ1) is 14.5. The van der Waals surface area contributed by atoms with Gasteiger partial charge < -0.3 is 10.6 Å². The van der Waals surface area contributed by atoms with Gasteiger partial charge >= 0.3 is 0 Å². The van der Waals surface area contributed by atoms with Crippen molar-refractivity contribution in [3.63, 3.8) is 0 Å². The molecular formula is C16H27N3. The molecule has 0 aromatic heterocycles. The van der Waals surface area contributed by atoms with Crippen LogP contribution in [0.4, 0.5) is 0 Å². The van der Waals surface area contributed by atoms with Crippen LogP contribution in [0.5, 0.6) is 0 Å². The monoisotopic (exact) mass is 261 g/mol. The lowest BCUT2D eigenvalue weighted by molar-refractivity contribution is 0.176. The van der Waals surface area contributed by atoms with Crippen LogP contribution in [0.2, 0.25) is 0 Å². The molecule has 0 amide bonds. The first-order chi connectivity index (χ1) is 9.22. The third-order valence-electron chi connectivity index (χ3n) is 4.11. The van der Waals surface area contributed by atoms with E-state index in [2.05, 4.69) is 48.0 Å². The molecule has 1 heterocycles. The molecule has 1 saturated heterocycles. The summed E-state index contributed by atoms with van der Waals surface area (Å²) in [7, 11) is 2.24. The Morgan fingerprint density at radius 2 is 2.05 bits per heavy atom. The molecule has 0 aliphatic carbocycles.